The molecule has 0 bridgehead atoms. The first-order valence-electron chi connectivity index (χ1n) is 8.82. The molecule has 4 heterocycles. The molecule has 0 saturated heterocycles. The van der Waals surface area contributed by atoms with Crippen LogP contribution in [0.4, 0.5) is 0 Å². The minimum absolute atomic E-state index is 1.29. The highest BCUT2D eigenvalue weighted by atomic mass is 32.1. The Balaban J connectivity index is 1.77. The van der Waals surface area contributed by atoms with E-state index in [4.69, 9.17) is 0 Å². The number of thiophene rings is 2. The number of aromatic nitrogens is 2. The van der Waals surface area contributed by atoms with Gasteiger partial charge in [-0.1, -0.05) is 0 Å². The first-order chi connectivity index (χ1) is 12.3. The Labute approximate surface area is 163 Å². The maximum Gasteiger partial charge on any atom is 0.178 e. The molecule has 0 atom stereocenters. The summed E-state index contributed by atoms with van der Waals surface area (Å²) in [4.78, 5) is 2.72. The van der Waals surface area contributed by atoms with E-state index in [9.17, 15) is 0 Å². The molecule has 0 aliphatic heterocycles. The summed E-state index contributed by atoms with van der Waals surface area (Å²) in [5.41, 5.74) is 7.82. The van der Waals surface area contributed by atoms with Gasteiger partial charge in [-0.2, -0.15) is 0 Å². The molecule has 0 aliphatic carbocycles. The molecule has 0 radical (unpaired) electrons. The van der Waals surface area contributed by atoms with Gasteiger partial charge in [0, 0.05) is 82.2 Å². The van der Waals surface area contributed by atoms with Gasteiger partial charge in [0.25, 0.3) is 0 Å². The molecule has 0 fully saturated rings. The molecular formula is C22H24N2S2+2. The van der Waals surface area contributed by atoms with Crippen LogP contribution >= 0.6 is 22.7 Å². The van der Waals surface area contributed by atoms with E-state index in [-0.39, 0.29) is 0 Å². The van der Waals surface area contributed by atoms with E-state index in [0.717, 1.165) is 0 Å². The number of fused-ring (bicyclic) bond motifs is 1. The number of nitrogens with zero attached hydrogens (tertiary/aromatic N) is 2. The highest BCUT2D eigenvalue weighted by molar-refractivity contribution is 7.31. The van der Waals surface area contributed by atoms with Gasteiger partial charge in [-0.3, -0.25) is 0 Å². The van der Waals surface area contributed by atoms with Crippen LogP contribution in [0, 0.1) is 27.7 Å². The maximum absolute atomic E-state index is 2.35. The van der Waals surface area contributed by atoms with Crippen LogP contribution in [0.3, 0.4) is 0 Å². The van der Waals surface area contributed by atoms with E-state index in [1.807, 2.05) is 22.7 Å². The van der Waals surface area contributed by atoms with Crippen molar-refractivity contribution < 1.29 is 9.13 Å². The van der Waals surface area contributed by atoms with Gasteiger partial charge in [-0.15, -0.1) is 22.7 Å². The molecule has 0 spiro atoms. The molecule has 0 saturated carbocycles. The van der Waals surface area contributed by atoms with Crippen molar-refractivity contribution in [1.29, 1.82) is 0 Å². The molecule has 4 aromatic rings. The Morgan fingerprint density at radius 3 is 1.15 bits per heavy atom. The van der Waals surface area contributed by atoms with Crippen molar-refractivity contribution in [3.05, 3.63) is 59.2 Å². The maximum atomic E-state index is 2.35. The summed E-state index contributed by atoms with van der Waals surface area (Å²) < 4.78 is 7.23. The highest BCUT2D eigenvalue weighted by Gasteiger charge is 2.15. The Hall–Kier alpha value is -2.04. The van der Waals surface area contributed by atoms with Crippen LogP contribution in [0.25, 0.3) is 30.3 Å². The third-order valence-corrected chi connectivity index (χ3v) is 7.74. The van der Waals surface area contributed by atoms with Gasteiger partial charge in [-0.25, -0.2) is 9.13 Å². The van der Waals surface area contributed by atoms with Crippen molar-refractivity contribution in [2.24, 2.45) is 14.1 Å². The van der Waals surface area contributed by atoms with E-state index in [1.165, 1.54) is 53.1 Å². The first kappa shape index (κ1) is 17.4. The van der Waals surface area contributed by atoms with E-state index in [2.05, 4.69) is 87.3 Å². The van der Waals surface area contributed by atoms with Crippen molar-refractivity contribution in [1.82, 2.24) is 0 Å². The Morgan fingerprint density at radius 1 is 0.538 bits per heavy atom. The molecule has 4 rings (SSSR count). The molecule has 4 aromatic heterocycles. The van der Waals surface area contributed by atoms with Crippen LogP contribution in [0.5, 0.6) is 0 Å². The molecule has 2 nitrogen and oxygen atoms in total. The van der Waals surface area contributed by atoms with Crippen molar-refractivity contribution >= 4 is 32.1 Å². The molecule has 0 aliphatic rings. The van der Waals surface area contributed by atoms with Crippen LogP contribution < -0.4 is 9.13 Å². The lowest BCUT2D eigenvalue weighted by atomic mass is 10.1. The summed E-state index contributed by atoms with van der Waals surface area (Å²) in [6, 6.07) is 13.8. The Morgan fingerprint density at radius 2 is 0.846 bits per heavy atom. The minimum atomic E-state index is 1.29. The summed E-state index contributed by atoms with van der Waals surface area (Å²) in [5, 5.41) is 0. The first-order valence-corrected chi connectivity index (χ1v) is 10.5. The third-order valence-electron chi connectivity index (χ3n) is 5.35. The standard InChI is InChI=1S/C22H24N2S2/c1-13-7-17(8-14(2)23(13)5)19-11-21-22(25-19)12-20(26-21)18-9-15(3)24(6)16(4)10-18/h7-12H,1-6H3/q+2. The van der Waals surface area contributed by atoms with Crippen LogP contribution in [0.2, 0.25) is 0 Å². The highest BCUT2D eigenvalue weighted by Crippen LogP contribution is 2.41. The van der Waals surface area contributed by atoms with Crippen molar-refractivity contribution in [2.75, 3.05) is 0 Å². The summed E-state index contributed by atoms with van der Waals surface area (Å²) in [7, 11) is 4.25. The van der Waals surface area contributed by atoms with E-state index >= 15 is 0 Å². The fourth-order valence-corrected chi connectivity index (χ4v) is 5.70. The smallest absolute Gasteiger partial charge is 0.178 e. The van der Waals surface area contributed by atoms with Crippen LogP contribution in [0.1, 0.15) is 22.8 Å². The number of hydrogen-bond donors (Lipinski definition) is 0. The zero-order chi connectivity index (χ0) is 18.6. The van der Waals surface area contributed by atoms with Crippen LogP contribution in [0.15, 0.2) is 36.4 Å². The topological polar surface area (TPSA) is 7.76 Å². The van der Waals surface area contributed by atoms with Crippen molar-refractivity contribution in [3.63, 3.8) is 0 Å². The fourth-order valence-electron chi connectivity index (χ4n) is 3.33. The zero-order valence-electron chi connectivity index (χ0n) is 16.2. The molecule has 0 aromatic carbocycles. The summed E-state index contributed by atoms with van der Waals surface area (Å²) in [6.07, 6.45) is 0. The lowest BCUT2D eigenvalue weighted by molar-refractivity contribution is -0.683. The normalized spacial score (nSPS) is 11.5. The Bertz CT molecular complexity index is 984. The predicted molar refractivity (Wildman–Crippen MR) is 112 cm³/mol. The van der Waals surface area contributed by atoms with Gasteiger partial charge in [0.2, 0.25) is 0 Å². The number of pyridine rings is 2. The second-order valence-electron chi connectivity index (χ2n) is 7.12. The van der Waals surface area contributed by atoms with Gasteiger partial charge >= 0.3 is 0 Å². The van der Waals surface area contributed by atoms with Gasteiger partial charge < -0.3 is 0 Å². The monoisotopic (exact) mass is 380 g/mol. The largest absolute Gasteiger partial charge is 0.203 e. The number of aryl methyl sites for hydroxylation is 4. The number of rotatable bonds is 2. The second-order valence-corrected chi connectivity index (χ2v) is 9.29. The van der Waals surface area contributed by atoms with E-state index < -0.39 is 0 Å². The molecule has 0 unspecified atom stereocenters. The average molecular weight is 381 g/mol. The van der Waals surface area contributed by atoms with Crippen molar-refractivity contribution in [2.45, 2.75) is 27.7 Å². The Kier molecular flexibility index (Phi) is 4.20. The van der Waals surface area contributed by atoms with Gasteiger partial charge in [0.1, 0.15) is 14.1 Å². The molecular weight excluding hydrogens is 356 g/mol. The molecule has 0 N–H and O–H groups in total. The molecule has 4 heteroatoms. The van der Waals surface area contributed by atoms with Gasteiger partial charge in [0.05, 0.1) is 0 Å². The zero-order valence-corrected chi connectivity index (χ0v) is 17.8. The van der Waals surface area contributed by atoms with E-state index in [1.54, 1.807) is 0 Å². The second kappa shape index (κ2) is 6.29. The number of hydrogen-bond acceptors (Lipinski definition) is 2. The summed E-state index contributed by atoms with van der Waals surface area (Å²) in [6.45, 7) is 8.69. The van der Waals surface area contributed by atoms with Crippen molar-refractivity contribution in [3.8, 4) is 20.9 Å². The lowest BCUT2D eigenvalue weighted by Gasteiger charge is -2.03. The SMILES string of the molecule is Cc1cc(-c2cc3sc(-c4cc(C)[n+](C)c(C)c4)cc3s2)cc(C)[n+]1C. The van der Waals surface area contributed by atoms with Crippen LogP contribution in [-0.4, -0.2) is 0 Å². The molecule has 26 heavy (non-hydrogen) atoms. The molecule has 0 amide bonds. The van der Waals surface area contributed by atoms with Gasteiger partial charge in [0.15, 0.2) is 22.8 Å². The van der Waals surface area contributed by atoms with E-state index in [0.29, 0.717) is 0 Å². The lowest BCUT2D eigenvalue weighted by Crippen LogP contribution is -2.35. The van der Waals surface area contributed by atoms with Gasteiger partial charge in [-0.05, 0) is 12.1 Å². The quantitative estimate of drug-likeness (QED) is 0.423. The fraction of sp³-hybridized carbons (Fsp3) is 0.273. The average Bonchev–Trinajstić information content (AvgIpc) is 3.15. The third kappa shape index (κ3) is 2.87. The molecule has 132 valence electrons. The summed E-state index contributed by atoms with van der Waals surface area (Å²) in [5.74, 6) is 0. The predicted octanol–water partition coefficient (Wildman–Crippen LogP) is 5.18. The van der Waals surface area contributed by atoms with Crippen LogP contribution in [-0.2, 0) is 14.1 Å². The summed E-state index contributed by atoms with van der Waals surface area (Å²) >= 11 is 3.79. The minimum Gasteiger partial charge on any atom is -0.203 e.